The van der Waals surface area contributed by atoms with Crippen molar-refractivity contribution in [1.29, 1.82) is 0 Å². The van der Waals surface area contributed by atoms with Crippen molar-refractivity contribution in [3.8, 4) is 0 Å². The van der Waals surface area contributed by atoms with Crippen LogP contribution >= 0.6 is 0 Å². The number of benzene rings is 1. The lowest BCUT2D eigenvalue weighted by Crippen LogP contribution is -2.42. The number of rotatable bonds is 5. The molecule has 2 heteroatoms. The summed E-state index contributed by atoms with van der Waals surface area (Å²) in [7, 11) is 1.77. The Morgan fingerprint density at radius 3 is 2.93 bits per heavy atom. The Hall–Kier alpha value is -0.860. The lowest BCUT2D eigenvalue weighted by molar-refractivity contribution is 0.151. The highest BCUT2D eigenvalue weighted by Crippen LogP contribution is 2.37. The van der Waals surface area contributed by atoms with Crippen LogP contribution in [-0.2, 0) is 11.2 Å². The van der Waals surface area contributed by atoms with Gasteiger partial charge in [-0.2, -0.15) is 0 Å². The largest absolute Gasteiger partial charge is 0.383 e. The zero-order valence-electron chi connectivity index (χ0n) is 9.49. The topological polar surface area (TPSA) is 21.3 Å². The second-order valence-electron chi connectivity index (χ2n) is 4.13. The second-order valence-corrected chi connectivity index (χ2v) is 4.13. The normalized spacial score (nSPS) is 20.5. The van der Waals surface area contributed by atoms with Crippen molar-refractivity contribution in [1.82, 2.24) is 5.32 Å². The summed E-state index contributed by atoms with van der Waals surface area (Å²) in [6.45, 7) is 3.95. The molecular formula is C13H19NO. The fourth-order valence-electron chi connectivity index (χ4n) is 2.42. The summed E-state index contributed by atoms with van der Waals surface area (Å²) in [5.41, 5.74) is 3.00. The van der Waals surface area contributed by atoms with Crippen molar-refractivity contribution >= 4 is 0 Å². The third-order valence-corrected chi connectivity index (χ3v) is 3.19. The Kier molecular flexibility index (Phi) is 3.39. The first-order chi connectivity index (χ1) is 7.36. The van der Waals surface area contributed by atoms with Crippen LogP contribution in [0.4, 0.5) is 0 Å². The van der Waals surface area contributed by atoms with Crippen LogP contribution in [0.2, 0.25) is 0 Å². The first-order valence-electron chi connectivity index (χ1n) is 5.67. The Labute approximate surface area is 91.6 Å². The van der Waals surface area contributed by atoms with E-state index in [4.69, 9.17) is 4.74 Å². The molecule has 2 unspecified atom stereocenters. The molecule has 0 saturated heterocycles. The summed E-state index contributed by atoms with van der Waals surface area (Å²) in [4.78, 5) is 0. The van der Waals surface area contributed by atoms with Crippen LogP contribution in [0.3, 0.4) is 0 Å². The molecule has 1 aromatic rings. The zero-order valence-corrected chi connectivity index (χ0v) is 9.49. The molecule has 1 aliphatic rings. The predicted molar refractivity (Wildman–Crippen MR) is 62.2 cm³/mol. The van der Waals surface area contributed by atoms with Gasteiger partial charge < -0.3 is 10.1 Å². The summed E-state index contributed by atoms with van der Waals surface area (Å²) in [6, 6.07) is 9.18. The summed E-state index contributed by atoms with van der Waals surface area (Å²) < 4.78 is 5.27. The highest BCUT2D eigenvalue weighted by atomic mass is 16.5. The van der Waals surface area contributed by atoms with Crippen LogP contribution in [0.5, 0.6) is 0 Å². The molecule has 0 heterocycles. The smallest absolute Gasteiger partial charge is 0.0621 e. The Morgan fingerprint density at radius 2 is 2.27 bits per heavy atom. The molecule has 0 aromatic heterocycles. The van der Waals surface area contributed by atoms with E-state index in [0.717, 1.165) is 13.2 Å². The first-order valence-corrected chi connectivity index (χ1v) is 5.67. The number of methoxy groups -OCH3 is 1. The van der Waals surface area contributed by atoms with Crippen molar-refractivity contribution in [3.05, 3.63) is 35.4 Å². The van der Waals surface area contributed by atoms with Gasteiger partial charge in [0.25, 0.3) is 0 Å². The van der Waals surface area contributed by atoms with Crippen molar-refractivity contribution in [2.45, 2.75) is 25.3 Å². The van der Waals surface area contributed by atoms with E-state index in [1.807, 2.05) is 0 Å². The third kappa shape index (κ3) is 2.06. The summed E-state index contributed by atoms with van der Waals surface area (Å²) in [5.74, 6) is 0.640. The van der Waals surface area contributed by atoms with Gasteiger partial charge in [-0.05, 0) is 24.1 Å². The van der Waals surface area contributed by atoms with Gasteiger partial charge in [0.05, 0.1) is 6.61 Å². The predicted octanol–water partition coefficient (Wildman–Crippen LogP) is 1.95. The minimum absolute atomic E-state index is 0.468. The van der Waals surface area contributed by atoms with E-state index >= 15 is 0 Å². The molecule has 15 heavy (non-hydrogen) atoms. The van der Waals surface area contributed by atoms with Gasteiger partial charge in [0.15, 0.2) is 0 Å². The molecule has 0 saturated carbocycles. The minimum Gasteiger partial charge on any atom is -0.383 e. The van der Waals surface area contributed by atoms with Gasteiger partial charge in [-0.15, -0.1) is 0 Å². The third-order valence-electron chi connectivity index (χ3n) is 3.19. The lowest BCUT2D eigenvalue weighted by Gasteiger charge is -2.36. The van der Waals surface area contributed by atoms with E-state index in [0.29, 0.717) is 12.0 Å². The number of ether oxygens (including phenoxy) is 1. The number of fused-ring (bicyclic) bond motifs is 1. The average molecular weight is 205 g/mol. The molecule has 2 rings (SSSR count). The van der Waals surface area contributed by atoms with E-state index in [2.05, 4.69) is 36.5 Å². The minimum atomic E-state index is 0.468. The molecule has 1 aliphatic carbocycles. The van der Waals surface area contributed by atoms with Gasteiger partial charge in [0.1, 0.15) is 0 Å². The summed E-state index contributed by atoms with van der Waals surface area (Å²) in [5, 5.41) is 3.50. The van der Waals surface area contributed by atoms with E-state index in [1.165, 1.54) is 17.5 Å². The first kappa shape index (κ1) is 10.7. The van der Waals surface area contributed by atoms with Crippen LogP contribution < -0.4 is 5.32 Å². The van der Waals surface area contributed by atoms with Crippen molar-refractivity contribution in [2.24, 2.45) is 0 Å². The van der Waals surface area contributed by atoms with Gasteiger partial charge >= 0.3 is 0 Å². The van der Waals surface area contributed by atoms with E-state index in [-0.39, 0.29) is 0 Å². The van der Waals surface area contributed by atoms with Gasteiger partial charge in [-0.3, -0.25) is 0 Å². The van der Waals surface area contributed by atoms with Crippen LogP contribution in [0.15, 0.2) is 24.3 Å². The van der Waals surface area contributed by atoms with E-state index in [9.17, 15) is 0 Å². The molecule has 82 valence electrons. The Balaban J connectivity index is 2.06. The molecule has 2 nitrogen and oxygen atoms in total. The van der Waals surface area contributed by atoms with E-state index < -0.39 is 0 Å². The summed E-state index contributed by atoms with van der Waals surface area (Å²) in [6.07, 6.45) is 1.19. The van der Waals surface area contributed by atoms with Crippen LogP contribution in [0, 0.1) is 0 Å². The molecule has 0 fully saturated rings. The van der Waals surface area contributed by atoms with Crippen molar-refractivity contribution in [3.63, 3.8) is 0 Å². The van der Waals surface area contributed by atoms with Gasteiger partial charge in [-0.25, -0.2) is 0 Å². The average Bonchev–Trinajstić information content (AvgIpc) is 2.20. The summed E-state index contributed by atoms with van der Waals surface area (Å²) >= 11 is 0. The molecule has 1 aromatic carbocycles. The van der Waals surface area contributed by atoms with Gasteiger partial charge in [0, 0.05) is 19.1 Å². The van der Waals surface area contributed by atoms with Gasteiger partial charge in [0.2, 0.25) is 0 Å². The SMILES string of the molecule is CCNC(COC)C1Cc2ccccc21. The zero-order chi connectivity index (χ0) is 10.7. The number of hydrogen-bond donors (Lipinski definition) is 1. The fourth-order valence-corrected chi connectivity index (χ4v) is 2.42. The Morgan fingerprint density at radius 1 is 1.47 bits per heavy atom. The number of nitrogens with one attached hydrogen (secondary N) is 1. The molecule has 2 atom stereocenters. The monoisotopic (exact) mass is 205 g/mol. The number of likely N-dealkylation sites (N-methyl/N-ethyl adjacent to an activating group) is 1. The van der Waals surface area contributed by atoms with Crippen molar-refractivity contribution < 1.29 is 4.74 Å². The molecular weight excluding hydrogens is 186 g/mol. The van der Waals surface area contributed by atoms with Crippen LogP contribution in [-0.4, -0.2) is 26.3 Å². The highest BCUT2D eigenvalue weighted by Gasteiger charge is 2.31. The van der Waals surface area contributed by atoms with Crippen LogP contribution in [0.25, 0.3) is 0 Å². The fraction of sp³-hybridized carbons (Fsp3) is 0.538. The molecule has 0 spiro atoms. The molecule has 1 N–H and O–H groups in total. The van der Waals surface area contributed by atoms with Crippen LogP contribution in [0.1, 0.15) is 24.0 Å². The maximum absolute atomic E-state index is 5.27. The highest BCUT2D eigenvalue weighted by molar-refractivity contribution is 5.41. The molecule has 0 bridgehead atoms. The van der Waals surface area contributed by atoms with Gasteiger partial charge in [-0.1, -0.05) is 31.2 Å². The lowest BCUT2D eigenvalue weighted by atomic mass is 9.73. The quantitative estimate of drug-likeness (QED) is 0.793. The van der Waals surface area contributed by atoms with Crippen molar-refractivity contribution in [2.75, 3.05) is 20.3 Å². The standard InChI is InChI=1S/C13H19NO/c1-3-14-13(9-15-2)12-8-10-6-4-5-7-11(10)12/h4-7,12-14H,3,8-9H2,1-2H3. The van der Waals surface area contributed by atoms with E-state index in [1.54, 1.807) is 7.11 Å². The molecule has 0 aliphatic heterocycles. The number of hydrogen-bond acceptors (Lipinski definition) is 2. The Bertz CT molecular complexity index is 318. The maximum atomic E-state index is 5.27. The molecule has 0 radical (unpaired) electrons. The maximum Gasteiger partial charge on any atom is 0.0621 e. The second kappa shape index (κ2) is 4.77. The molecule has 0 amide bonds.